The molecule has 0 unspecified atom stereocenters. The summed E-state index contributed by atoms with van der Waals surface area (Å²) in [6, 6.07) is 8.11. The van der Waals surface area contributed by atoms with Gasteiger partial charge in [-0.3, -0.25) is 9.59 Å². The SMILES string of the molecule is CC(N)=C(C#N)C(=O)COC(=O)c1nn(C)c(=O)c2ccccc12. The van der Waals surface area contributed by atoms with Crippen LogP contribution >= 0.6 is 0 Å². The summed E-state index contributed by atoms with van der Waals surface area (Å²) in [4.78, 5) is 36.1. The van der Waals surface area contributed by atoms with Crippen LogP contribution in [-0.2, 0) is 16.6 Å². The predicted molar refractivity (Wildman–Crippen MR) is 84.8 cm³/mol. The number of benzene rings is 1. The third kappa shape index (κ3) is 3.15. The van der Waals surface area contributed by atoms with Gasteiger partial charge in [-0.15, -0.1) is 0 Å². The Hall–Kier alpha value is -3.47. The lowest BCUT2D eigenvalue weighted by molar-refractivity contribution is -0.118. The highest BCUT2D eigenvalue weighted by Crippen LogP contribution is 2.14. The molecule has 0 aliphatic rings. The lowest BCUT2D eigenvalue weighted by atomic mass is 10.1. The van der Waals surface area contributed by atoms with Crippen LogP contribution < -0.4 is 11.3 Å². The topological polar surface area (TPSA) is 128 Å². The lowest BCUT2D eigenvalue weighted by Crippen LogP contribution is -2.25. The summed E-state index contributed by atoms with van der Waals surface area (Å²) < 4.78 is 5.94. The number of nitrogens with two attached hydrogens (primary N) is 1. The number of nitrogens with zero attached hydrogens (tertiary/aromatic N) is 3. The summed E-state index contributed by atoms with van der Waals surface area (Å²) in [6.07, 6.45) is 0. The second kappa shape index (κ2) is 6.75. The molecule has 1 heterocycles. The van der Waals surface area contributed by atoms with Gasteiger partial charge in [0.2, 0.25) is 5.78 Å². The van der Waals surface area contributed by atoms with Crippen LogP contribution in [0.15, 0.2) is 40.3 Å². The van der Waals surface area contributed by atoms with Gasteiger partial charge in [-0.25, -0.2) is 9.48 Å². The van der Waals surface area contributed by atoms with Crippen molar-refractivity contribution in [3.63, 3.8) is 0 Å². The highest BCUT2D eigenvalue weighted by molar-refractivity contribution is 6.05. The van der Waals surface area contributed by atoms with E-state index in [2.05, 4.69) is 5.10 Å². The Morgan fingerprint density at radius 1 is 1.33 bits per heavy atom. The summed E-state index contributed by atoms with van der Waals surface area (Å²) in [6.45, 7) is 0.759. The molecule has 0 radical (unpaired) electrons. The van der Waals surface area contributed by atoms with Gasteiger partial charge in [-0.1, -0.05) is 18.2 Å². The Labute approximate surface area is 136 Å². The smallest absolute Gasteiger partial charge is 0.359 e. The maximum absolute atomic E-state index is 12.2. The van der Waals surface area contributed by atoms with Gasteiger partial charge < -0.3 is 10.5 Å². The molecule has 0 bridgehead atoms. The average molecular weight is 326 g/mol. The van der Waals surface area contributed by atoms with Crippen LogP contribution in [0.4, 0.5) is 0 Å². The van der Waals surface area contributed by atoms with Crippen LogP contribution in [0.25, 0.3) is 10.8 Å². The third-order valence-corrected chi connectivity index (χ3v) is 3.27. The molecule has 2 N–H and O–H groups in total. The second-order valence-electron chi connectivity index (χ2n) is 4.99. The molecule has 0 saturated carbocycles. The molecule has 1 aromatic carbocycles. The van der Waals surface area contributed by atoms with E-state index in [0.717, 1.165) is 4.68 Å². The van der Waals surface area contributed by atoms with Gasteiger partial charge in [0.15, 0.2) is 12.3 Å². The van der Waals surface area contributed by atoms with Crippen molar-refractivity contribution >= 4 is 22.5 Å². The number of Topliss-reactive ketones (excluding diaryl/α,β-unsaturated/α-hetero) is 1. The molecule has 0 spiro atoms. The van der Waals surface area contributed by atoms with Gasteiger partial charge in [0, 0.05) is 18.1 Å². The Kier molecular flexibility index (Phi) is 4.75. The number of rotatable bonds is 4. The van der Waals surface area contributed by atoms with Gasteiger partial charge in [-0.2, -0.15) is 10.4 Å². The number of ketones is 1. The summed E-state index contributed by atoms with van der Waals surface area (Å²) in [7, 11) is 1.41. The first-order valence-electron chi connectivity index (χ1n) is 6.89. The quantitative estimate of drug-likeness (QED) is 0.489. The van der Waals surface area contributed by atoms with Gasteiger partial charge in [0.05, 0.1) is 5.39 Å². The highest BCUT2D eigenvalue weighted by Gasteiger charge is 2.19. The zero-order valence-electron chi connectivity index (χ0n) is 13.1. The van der Waals surface area contributed by atoms with E-state index < -0.39 is 18.4 Å². The summed E-state index contributed by atoms with van der Waals surface area (Å²) in [5, 5.41) is 13.4. The summed E-state index contributed by atoms with van der Waals surface area (Å²) in [5.74, 6) is -1.58. The number of ether oxygens (including phenoxy) is 1. The van der Waals surface area contributed by atoms with Crippen molar-refractivity contribution in [1.82, 2.24) is 9.78 Å². The molecular formula is C16H14N4O4. The first-order chi connectivity index (χ1) is 11.4. The number of esters is 1. The van der Waals surface area contributed by atoms with E-state index in [4.69, 9.17) is 15.7 Å². The van der Waals surface area contributed by atoms with Crippen LogP contribution in [0.5, 0.6) is 0 Å². The van der Waals surface area contributed by atoms with Crippen molar-refractivity contribution in [2.24, 2.45) is 12.8 Å². The minimum absolute atomic E-state index is 0.0456. The largest absolute Gasteiger partial charge is 0.452 e. The zero-order chi connectivity index (χ0) is 17.9. The van der Waals surface area contributed by atoms with Crippen LogP contribution in [0.2, 0.25) is 0 Å². The maximum atomic E-state index is 12.2. The first-order valence-corrected chi connectivity index (χ1v) is 6.89. The van der Waals surface area contributed by atoms with Crippen molar-refractivity contribution in [1.29, 1.82) is 5.26 Å². The van der Waals surface area contributed by atoms with E-state index in [9.17, 15) is 14.4 Å². The molecule has 0 atom stereocenters. The van der Waals surface area contributed by atoms with Crippen LogP contribution in [0.1, 0.15) is 17.4 Å². The number of hydrogen-bond acceptors (Lipinski definition) is 7. The standard InChI is InChI=1S/C16H14N4O4/c1-9(18)12(7-17)13(21)8-24-16(23)14-10-5-3-4-6-11(10)15(22)20(2)19-14/h3-6H,8,18H2,1-2H3. The molecule has 24 heavy (non-hydrogen) atoms. The summed E-state index contributed by atoms with van der Waals surface area (Å²) >= 11 is 0. The lowest BCUT2D eigenvalue weighted by Gasteiger charge is -2.08. The van der Waals surface area contributed by atoms with Gasteiger partial charge in [-0.05, 0) is 13.0 Å². The number of nitriles is 1. The maximum Gasteiger partial charge on any atom is 0.359 e. The Bertz CT molecular complexity index is 962. The molecule has 0 aliphatic heterocycles. The van der Waals surface area contributed by atoms with Crippen molar-refractivity contribution in [3.8, 4) is 6.07 Å². The van der Waals surface area contributed by atoms with Crippen molar-refractivity contribution < 1.29 is 14.3 Å². The number of hydrogen-bond donors (Lipinski definition) is 1. The fourth-order valence-electron chi connectivity index (χ4n) is 2.09. The summed E-state index contributed by atoms with van der Waals surface area (Å²) in [5.41, 5.74) is 4.76. The molecule has 0 saturated heterocycles. The Morgan fingerprint density at radius 3 is 2.54 bits per heavy atom. The van der Waals surface area contributed by atoms with Crippen molar-refractivity contribution in [2.75, 3.05) is 6.61 Å². The number of aromatic nitrogens is 2. The predicted octanol–water partition coefficient (Wildman–Crippen LogP) is 0.416. The molecule has 0 aliphatic carbocycles. The molecule has 2 rings (SSSR count). The number of allylic oxidation sites excluding steroid dienone is 1. The molecule has 122 valence electrons. The number of fused-ring (bicyclic) bond motifs is 1. The number of aryl methyl sites for hydroxylation is 1. The monoisotopic (exact) mass is 326 g/mol. The van der Waals surface area contributed by atoms with Crippen LogP contribution in [0.3, 0.4) is 0 Å². The van der Waals surface area contributed by atoms with E-state index in [0.29, 0.717) is 10.8 Å². The second-order valence-corrected chi connectivity index (χ2v) is 4.99. The molecule has 2 aromatic rings. The first kappa shape index (κ1) is 16.9. The van der Waals surface area contributed by atoms with E-state index >= 15 is 0 Å². The molecule has 0 fully saturated rings. The molecule has 1 aromatic heterocycles. The van der Waals surface area contributed by atoms with Crippen molar-refractivity contribution in [2.45, 2.75) is 6.92 Å². The average Bonchev–Trinajstić information content (AvgIpc) is 2.56. The normalized spacial score (nSPS) is 11.5. The highest BCUT2D eigenvalue weighted by atomic mass is 16.5. The fraction of sp³-hybridized carbons (Fsp3) is 0.188. The Morgan fingerprint density at radius 2 is 1.96 bits per heavy atom. The molecule has 8 heteroatoms. The number of carbonyl (C=O) groups is 2. The number of carbonyl (C=O) groups excluding carboxylic acids is 2. The van der Waals surface area contributed by atoms with Crippen LogP contribution in [-0.4, -0.2) is 28.1 Å². The van der Waals surface area contributed by atoms with Gasteiger partial charge >= 0.3 is 5.97 Å². The van der Waals surface area contributed by atoms with Crippen LogP contribution in [0, 0.1) is 11.3 Å². The molecule has 0 amide bonds. The minimum atomic E-state index is -0.873. The minimum Gasteiger partial charge on any atom is -0.452 e. The molecular weight excluding hydrogens is 312 g/mol. The van der Waals surface area contributed by atoms with E-state index in [1.54, 1.807) is 30.3 Å². The van der Waals surface area contributed by atoms with E-state index in [-0.39, 0.29) is 22.5 Å². The van der Waals surface area contributed by atoms with Gasteiger partial charge in [0.25, 0.3) is 5.56 Å². The van der Waals surface area contributed by atoms with E-state index in [1.165, 1.54) is 14.0 Å². The van der Waals surface area contributed by atoms with Gasteiger partial charge in [0.1, 0.15) is 11.6 Å². The van der Waals surface area contributed by atoms with E-state index in [1.807, 2.05) is 0 Å². The van der Waals surface area contributed by atoms with Crippen molar-refractivity contribution in [3.05, 3.63) is 51.6 Å². The third-order valence-electron chi connectivity index (χ3n) is 3.27. The zero-order valence-corrected chi connectivity index (χ0v) is 13.1. The Balaban J connectivity index is 2.32. The molecule has 8 nitrogen and oxygen atoms in total. The fourth-order valence-corrected chi connectivity index (χ4v) is 2.09.